The van der Waals surface area contributed by atoms with Gasteiger partial charge >= 0.3 is 5.97 Å². The summed E-state index contributed by atoms with van der Waals surface area (Å²) in [5, 5.41) is 3.45. The summed E-state index contributed by atoms with van der Waals surface area (Å²) in [6.07, 6.45) is 1.80. The summed E-state index contributed by atoms with van der Waals surface area (Å²) in [6.45, 7) is -0.450. The largest absolute Gasteiger partial charge is 0.455 e. The number of hydrogen-bond acceptors (Lipinski definition) is 4. The molecule has 0 saturated heterocycles. The molecule has 3 aromatic rings. The Hall–Kier alpha value is -3.61. The first-order valence-corrected chi connectivity index (χ1v) is 7.94. The number of nitrogens with two attached hydrogens (primary N) is 1. The van der Waals surface area contributed by atoms with E-state index in [0.717, 1.165) is 16.5 Å². The molecule has 2 aromatic carbocycles. The lowest BCUT2D eigenvalue weighted by atomic mass is 10.1. The zero-order valence-electron chi connectivity index (χ0n) is 13.8. The molecular weight excluding hydrogens is 334 g/mol. The van der Waals surface area contributed by atoms with Crippen molar-refractivity contribution in [3.63, 3.8) is 0 Å². The molecule has 0 bridgehead atoms. The van der Waals surface area contributed by atoms with Crippen LogP contribution in [0.4, 0.5) is 5.69 Å². The van der Waals surface area contributed by atoms with Gasteiger partial charge in [0.1, 0.15) is 0 Å². The van der Waals surface area contributed by atoms with E-state index < -0.39 is 24.4 Å². The van der Waals surface area contributed by atoms with E-state index in [2.05, 4.69) is 10.3 Å². The van der Waals surface area contributed by atoms with Crippen LogP contribution in [0.5, 0.6) is 0 Å². The molecule has 1 heterocycles. The molecule has 4 N–H and O–H groups in total. The number of carbonyl (C=O) groups excluding carboxylic acids is 3. The number of rotatable bonds is 6. The normalized spacial score (nSPS) is 10.5. The summed E-state index contributed by atoms with van der Waals surface area (Å²) < 4.78 is 5.02. The molecule has 1 aromatic heterocycles. The van der Waals surface area contributed by atoms with Gasteiger partial charge in [0.15, 0.2) is 6.61 Å². The van der Waals surface area contributed by atoms with Gasteiger partial charge in [-0.1, -0.05) is 30.3 Å². The highest BCUT2D eigenvalue weighted by atomic mass is 16.5. The lowest BCUT2D eigenvalue weighted by Gasteiger charge is -2.09. The Morgan fingerprint density at radius 1 is 1.04 bits per heavy atom. The van der Waals surface area contributed by atoms with E-state index in [0.29, 0.717) is 0 Å². The summed E-state index contributed by atoms with van der Waals surface area (Å²) >= 11 is 0. The van der Waals surface area contributed by atoms with Gasteiger partial charge in [-0.15, -0.1) is 0 Å². The summed E-state index contributed by atoms with van der Waals surface area (Å²) in [5.74, 6) is -1.73. The number of primary amides is 1. The molecule has 0 fully saturated rings. The Morgan fingerprint density at radius 2 is 1.77 bits per heavy atom. The second-order valence-electron chi connectivity index (χ2n) is 5.65. The van der Waals surface area contributed by atoms with Gasteiger partial charge in [0.2, 0.25) is 0 Å². The molecule has 2 amide bonds. The van der Waals surface area contributed by atoms with Gasteiger partial charge in [-0.05, 0) is 23.8 Å². The maximum Gasteiger partial charge on any atom is 0.310 e. The third-order valence-corrected chi connectivity index (χ3v) is 3.84. The summed E-state index contributed by atoms with van der Waals surface area (Å²) in [6, 6.07) is 13.9. The second-order valence-corrected chi connectivity index (χ2v) is 5.65. The number of anilines is 1. The number of aromatic amines is 1. The van der Waals surface area contributed by atoms with Gasteiger partial charge in [0.25, 0.3) is 11.8 Å². The number of benzene rings is 2. The highest BCUT2D eigenvalue weighted by Crippen LogP contribution is 2.18. The van der Waals surface area contributed by atoms with Crippen molar-refractivity contribution in [3.05, 3.63) is 65.9 Å². The molecule has 7 nitrogen and oxygen atoms in total. The van der Waals surface area contributed by atoms with Crippen LogP contribution in [0.2, 0.25) is 0 Å². The molecule has 0 unspecified atom stereocenters. The van der Waals surface area contributed by atoms with E-state index in [9.17, 15) is 14.4 Å². The molecule has 7 heteroatoms. The predicted molar refractivity (Wildman–Crippen MR) is 96.6 cm³/mol. The van der Waals surface area contributed by atoms with Crippen molar-refractivity contribution in [2.75, 3.05) is 11.9 Å². The molecule has 26 heavy (non-hydrogen) atoms. The molecule has 0 aliphatic rings. The lowest BCUT2D eigenvalue weighted by Crippen LogP contribution is -2.23. The van der Waals surface area contributed by atoms with Crippen LogP contribution in [-0.2, 0) is 20.7 Å². The third kappa shape index (κ3) is 3.89. The number of para-hydroxylation sites is 2. The van der Waals surface area contributed by atoms with Crippen molar-refractivity contribution in [1.82, 2.24) is 4.98 Å². The van der Waals surface area contributed by atoms with Crippen molar-refractivity contribution in [1.29, 1.82) is 0 Å². The number of aromatic nitrogens is 1. The van der Waals surface area contributed by atoms with Gasteiger partial charge in [0, 0.05) is 17.1 Å². The fourth-order valence-corrected chi connectivity index (χ4v) is 2.62. The van der Waals surface area contributed by atoms with Crippen LogP contribution in [0.15, 0.2) is 54.7 Å². The Morgan fingerprint density at radius 3 is 2.58 bits per heavy atom. The van der Waals surface area contributed by atoms with E-state index >= 15 is 0 Å². The van der Waals surface area contributed by atoms with E-state index in [1.54, 1.807) is 24.4 Å². The molecular formula is C19H17N3O4. The van der Waals surface area contributed by atoms with Crippen molar-refractivity contribution in [2.45, 2.75) is 6.42 Å². The highest BCUT2D eigenvalue weighted by Gasteiger charge is 2.14. The number of H-pyrrole nitrogens is 1. The SMILES string of the molecule is NC(=O)c1ccccc1NC(=O)COC(=O)Cc1c[nH]c2ccccc12. The van der Waals surface area contributed by atoms with Gasteiger partial charge < -0.3 is 20.8 Å². The fraction of sp³-hybridized carbons (Fsp3) is 0.105. The summed E-state index contributed by atoms with van der Waals surface area (Å²) in [5.41, 5.74) is 7.44. The van der Waals surface area contributed by atoms with Crippen LogP contribution in [-0.4, -0.2) is 29.4 Å². The standard InChI is InChI=1S/C19H17N3O4/c20-19(25)14-6-2-4-8-16(14)22-17(23)11-26-18(24)9-12-10-21-15-7-3-1-5-13(12)15/h1-8,10,21H,9,11H2,(H2,20,25)(H,22,23). The quantitative estimate of drug-likeness (QED) is 0.589. The van der Waals surface area contributed by atoms with Crippen LogP contribution in [0.3, 0.4) is 0 Å². The minimum absolute atomic E-state index is 0.0508. The Labute approximate surface area is 149 Å². The van der Waals surface area contributed by atoms with Crippen LogP contribution in [0.1, 0.15) is 15.9 Å². The van der Waals surface area contributed by atoms with Gasteiger partial charge in [-0.2, -0.15) is 0 Å². The third-order valence-electron chi connectivity index (χ3n) is 3.84. The summed E-state index contributed by atoms with van der Waals surface area (Å²) in [4.78, 5) is 38.4. The van der Waals surface area contributed by atoms with Crippen LogP contribution in [0, 0.1) is 0 Å². The maximum absolute atomic E-state index is 12.0. The first-order valence-electron chi connectivity index (χ1n) is 7.94. The fourth-order valence-electron chi connectivity index (χ4n) is 2.62. The zero-order chi connectivity index (χ0) is 18.5. The molecule has 0 atom stereocenters. The van der Waals surface area contributed by atoms with E-state index in [-0.39, 0.29) is 17.7 Å². The van der Waals surface area contributed by atoms with E-state index in [1.807, 2.05) is 24.3 Å². The summed E-state index contributed by atoms with van der Waals surface area (Å²) in [7, 11) is 0. The number of carbonyl (C=O) groups is 3. The van der Waals surface area contributed by atoms with E-state index in [4.69, 9.17) is 10.5 Å². The molecule has 0 saturated carbocycles. The number of esters is 1. The Kier molecular flexibility index (Phi) is 4.98. The molecule has 132 valence electrons. The molecule has 0 spiro atoms. The van der Waals surface area contributed by atoms with Gasteiger partial charge in [-0.25, -0.2) is 0 Å². The van der Waals surface area contributed by atoms with Crippen LogP contribution >= 0.6 is 0 Å². The predicted octanol–water partition coefficient (Wildman–Crippen LogP) is 1.99. The monoisotopic (exact) mass is 351 g/mol. The van der Waals surface area contributed by atoms with E-state index in [1.165, 1.54) is 6.07 Å². The van der Waals surface area contributed by atoms with Gasteiger partial charge in [0.05, 0.1) is 17.7 Å². The molecule has 0 aliphatic heterocycles. The number of ether oxygens (including phenoxy) is 1. The number of fused-ring (bicyclic) bond motifs is 1. The first kappa shape index (κ1) is 17.2. The highest BCUT2D eigenvalue weighted by molar-refractivity contribution is 6.03. The Bertz CT molecular complexity index is 978. The van der Waals surface area contributed by atoms with Crippen molar-refractivity contribution in [2.24, 2.45) is 5.73 Å². The minimum atomic E-state index is -0.655. The number of nitrogens with one attached hydrogen (secondary N) is 2. The number of amides is 2. The average molecular weight is 351 g/mol. The Balaban J connectivity index is 1.56. The van der Waals surface area contributed by atoms with Crippen molar-refractivity contribution < 1.29 is 19.1 Å². The topological polar surface area (TPSA) is 114 Å². The molecule has 0 aliphatic carbocycles. The number of hydrogen-bond donors (Lipinski definition) is 3. The minimum Gasteiger partial charge on any atom is -0.455 e. The van der Waals surface area contributed by atoms with Crippen LogP contribution in [0.25, 0.3) is 10.9 Å². The zero-order valence-corrected chi connectivity index (χ0v) is 13.8. The van der Waals surface area contributed by atoms with Crippen molar-refractivity contribution >= 4 is 34.4 Å². The molecule has 0 radical (unpaired) electrons. The van der Waals surface area contributed by atoms with Crippen molar-refractivity contribution in [3.8, 4) is 0 Å². The molecule has 3 rings (SSSR count). The first-order chi connectivity index (χ1) is 12.5. The second kappa shape index (κ2) is 7.52. The van der Waals surface area contributed by atoms with Crippen LogP contribution < -0.4 is 11.1 Å². The average Bonchev–Trinajstić information content (AvgIpc) is 3.03. The van der Waals surface area contributed by atoms with Gasteiger partial charge in [-0.3, -0.25) is 14.4 Å². The smallest absolute Gasteiger partial charge is 0.310 e. The lowest BCUT2D eigenvalue weighted by molar-refractivity contribution is -0.146. The maximum atomic E-state index is 12.0.